The molecule has 0 aromatic carbocycles. The molecule has 2 aliphatic rings. The van der Waals surface area contributed by atoms with Crippen LogP contribution in [0, 0.1) is 5.92 Å². The van der Waals surface area contributed by atoms with E-state index in [1.165, 1.54) is 12.8 Å². The summed E-state index contributed by atoms with van der Waals surface area (Å²) < 4.78 is 0. The Bertz CT molecular complexity index is 378. The highest BCUT2D eigenvalue weighted by Gasteiger charge is 2.38. The normalized spacial score (nSPS) is 29.7. The van der Waals surface area contributed by atoms with Crippen molar-refractivity contribution in [3.8, 4) is 0 Å². The molecule has 2 heterocycles. The molecule has 0 aromatic rings. The van der Waals surface area contributed by atoms with Gasteiger partial charge in [-0.1, -0.05) is 19.8 Å². The Morgan fingerprint density at radius 1 is 1.10 bits per heavy atom. The first-order valence-corrected chi connectivity index (χ1v) is 8.28. The molecule has 0 saturated carbocycles. The molecule has 2 saturated heterocycles. The van der Waals surface area contributed by atoms with Crippen molar-refractivity contribution in [1.29, 1.82) is 0 Å². The van der Waals surface area contributed by atoms with E-state index >= 15 is 0 Å². The zero-order valence-corrected chi connectivity index (χ0v) is 13.3. The summed E-state index contributed by atoms with van der Waals surface area (Å²) in [6.07, 6.45) is 6.14. The Labute approximate surface area is 127 Å². The van der Waals surface area contributed by atoms with E-state index in [-0.39, 0.29) is 11.9 Å². The molecular formula is C16H28N2O3. The van der Waals surface area contributed by atoms with E-state index in [1.54, 1.807) is 0 Å². The summed E-state index contributed by atoms with van der Waals surface area (Å²) in [5.74, 6) is -0.266. The van der Waals surface area contributed by atoms with Crippen LogP contribution in [0.25, 0.3) is 0 Å². The molecule has 3 atom stereocenters. The quantitative estimate of drug-likeness (QED) is 0.865. The third-order valence-corrected chi connectivity index (χ3v) is 4.96. The Morgan fingerprint density at radius 2 is 1.71 bits per heavy atom. The van der Waals surface area contributed by atoms with Crippen molar-refractivity contribution in [2.24, 2.45) is 5.92 Å². The molecule has 2 aliphatic heterocycles. The van der Waals surface area contributed by atoms with Crippen molar-refractivity contribution in [1.82, 2.24) is 9.80 Å². The standard InChI is InChI=1S/C16H28N2O3/c1-12-7-10-18(14(11-12)16(20)21)13(2)15(19)17-8-5-3-4-6-9-17/h12-14H,3-11H2,1-2H3,(H,20,21). The van der Waals surface area contributed by atoms with Crippen molar-refractivity contribution < 1.29 is 14.7 Å². The Kier molecular flexibility index (Phi) is 5.62. The molecule has 2 rings (SSSR count). The van der Waals surface area contributed by atoms with Crippen LogP contribution in [0.5, 0.6) is 0 Å². The van der Waals surface area contributed by atoms with Crippen molar-refractivity contribution in [2.75, 3.05) is 19.6 Å². The van der Waals surface area contributed by atoms with Gasteiger partial charge in [-0.3, -0.25) is 14.5 Å². The molecular weight excluding hydrogens is 268 g/mol. The number of amides is 1. The summed E-state index contributed by atoms with van der Waals surface area (Å²) in [4.78, 5) is 28.0. The van der Waals surface area contributed by atoms with Crippen LogP contribution in [-0.2, 0) is 9.59 Å². The molecule has 0 aliphatic carbocycles. The minimum absolute atomic E-state index is 0.109. The van der Waals surface area contributed by atoms with E-state index in [0.717, 1.165) is 32.4 Å². The molecule has 5 heteroatoms. The zero-order valence-electron chi connectivity index (χ0n) is 13.3. The third kappa shape index (κ3) is 3.96. The van der Waals surface area contributed by atoms with Crippen LogP contribution in [0.3, 0.4) is 0 Å². The number of hydrogen-bond acceptors (Lipinski definition) is 3. The summed E-state index contributed by atoms with van der Waals surface area (Å²) in [6, 6.07) is -0.837. The molecule has 2 fully saturated rings. The number of piperidine rings is 1. The smallest absolute Gasteiger partial charge is 0.320 e. The van der Waals surface area contributed by atoms with Gasteiger partial charge in [0.2, 0.25) is 5.91 Å². The molecule has 1 N–H and O–H groups in total. The molecule has 0 bridgehead atoms. The largest absolute Gasteiger partial charge is 0.480 e. The zero-order chi connectivity index (χ0) is 15.4. The summed E-state index contributed by atoms with van der Waals surface area (Å²) in [5, 5.41) is 9.45. The number of carboxylic acids is 1. The topological polar surface area (TPSA) is 60.9 Å². The molecule has 120 valence electrons. The van der Waals surface area contributed by atoms with Crippen LogP contribution in [0.15, 0.2) is 0 Å². The van der Waals surface area contributed by atoms with Crippen LogP contribution in [-0.4, -0.2) is 58.5 Å². The number of likely N-dealkylation sites (tertiary alicyclic amines) is 2. The Hall–Kier alpha value is -1.10. The average molecular weight is 296 g/mol. The molecule has 0 radical (unpaired) electrons. The second kappa shape index (κ2) is 7.25. The minimum atomic E-state index is -0.794. The van der Waals surface area contributed by atoms with Gasteiger partial charge >= 0.3 is 5.97 Å². The fourth-order valence-corrected chi connectivity index (χ4v) is 3.56. The number of carboxylic acid groups (broad SMARTS) is 1. The van der Waals surface area contributed by atoms with Gasteiger partial charge in [-0.05, 0) is 38.5 Å². The number of carbonyl (C=O) groups excluding carboxylic acids is 1. The van der Waals surface area contributed by atoms with Crippen molar-refractivity contribution in [2.45, 2.75) is 64.5 Å². The van der Waals surface area contributed by atoms with Gasteiger partial charge in [-0.2, -0.15) is 0 Å². The maximum absolute atomic E-state index is 12.7. The van der Waals surface area contributed by atoms with Gasteiger partial charge in [0.05, 0.1) is 6.04 Å². The highest BCUT2D eigenvalue weighted by molar-refractivity contribution is 5.83. The molecule has 5 nitrogen and oxygen atoms in total. The van der Waals surface area contributed by atoms with Gasteiger partial charge < -0.3 is 10.0 Å². The number of hydrogen-bond donors (Lipinski definition) is 1. The number of aliphatic carboxylic acids is 1. The SMILES string of the molecule is CC1CCN(C(C)C(=O)N2CCCCCC2)C(C(=O)O)C1. The van der Waals surface area contributed by atoms with Gasteiger partial charge in [0, 0.05) is 19.6 Å². The summed E-state index contributed by atoms with van der Waals surface area (Å²) >= 11 is 0. The predicted octanol–water partition coefficient (Wildman–Crippen LogP) is 1.96. The average Bonchev–Trinajstić information content (AvgIpc) is 2.74. The maximum Gasteiger partial charge on any atom is 0.320 e. The first kappa shape index (κ1) is 16.3. The van der Waals surface area contributed by atoms with Crippen molar-refractivity contribution >= 4 is 11.9 Å². The van der Waals surface area contributed by atoms with Crippen LogP contribution in [0.1, 0.15) is 52.4 Å². The van der Waals surface area contributed by atoms with E-state index in [1.807, 2.05) is 16.7 Å². The first-order valence-electron chi connectivity index (χ1n) is 8.28. The first-order chi connectivity index (χ1) is 10.0. The maximum atomic E-state index is 12.7. The summed E-state index contributed by atoms with van der Waals surface area (Å²) in [7, 11) is 0. The predicted molar refractivity (Wildman–Crippen MR) is 81.0 cm³/mol. The molecule has 0 spiro atoms. The fourth-order valence-electron chi connectivity index (χ4n) is 3.56. The summed E-state index contributed by atoms with van der Waals surface area (Å²) in [6.45, 7) is 6.32. The molecule has 0 aromatic heterocycles. The fraction of sp³-hybridized carbons (Fsp3) is 0.875. The van der Waals surface area contributed by atoms with Crippen LogP contribution >= 0.6 is 0 Å². The van der Waals surface area contributed by atoms with E-state index in [0.29, 0.717) is 18.9 Å². The van der Waals surface area contributed by atoms with Crippen LogP contribution < -0.4 is 0 Å². The van der Waals surface area contributed by atoms with Crippen LogP contribution in [0.2, 0.25) is 0 Å². The van der Waals surface area contributed by atoms with Crippen LogP contribution in [0.4, 0.5) is 0 Å². The van der Waals surface area contributed by atoms with E-state index < -0.39 is 12.0 Å². The number of carbonyl (C=O) groups is 2. The minimum Gasteiger partial charge on any atom is -0.480 e. The Morgan fingerprint density at radius 3 is 2.29 bits per heavy atom. The lowest BCUT2D eigenvalue weighted by molar-refractivity contribution is -0.150. The third-order valence-electron chi connectivity index (χ3n) is 4.96. The number of rotatable bonds is 3. The number of nitrogens with zero attached hydrogens (tertiary/aromatic N) is 2. The lowest BCUT2D eigenvalue weighted by Crippen LogP contribution is -2.56. The highest BCUT2D eigenvalue weighted by Crippen LogP contribution is 2.25. The molecule has 1 amide bonds. The second-order valence-electron chi connectivity index (χ2n) is 6.64. The van der Waals surface area contributed by atoms with E-state index in [4.69, 9.17) is 0 Å². The van der Waals surface area contributed by atoms with Gasteiger partial charge in [-0.25, -0.2) is 0 Å². The second-order valence-corrected chi connectivity index (χ2v) is 6.64. The molecule has 3 unspecified atom stereocenters. The van der Waals surface area contributed by atoms with Gasteiger partial charge in [0.1, 0.15) is 6.04 Å². The van der Waals surface area contributed by atoms with Gasteiger partial charge in [-0.15, -0.1) is 0 Å². The van der Waals surface area contributed by atoms with Gasteiger partial charge in [0.25, 0.3) is 0 Å². The lowest BCUT2D eigenvalue weighted by Gasteiger charge is -2.40. The van der Waals surface area contributed by atoms with Crippen molar-refractivity contribution in [3.05, 3.63) is 0 Å². The molecule has 21 heavy (non-hydrogen) atoms. The van der Waals surface area contributed by atoms with Crippen molar-refractivity contribution in [3.63, 3.8) is 0 Å². The summed E-state index contributed by atoms with van der Waals surface area (Å²) in [5.41, 5.74) is 0. The van der Waals surface area contributed by atoms with E-state index in [9.17, 15) is 14.7 Å². The highest BCUT2D eigenvalue weighted by atomic mass is 16.4. The Balaban J connectivity index is 2.03. The van der Waals surface area contributed by atoms with E-state index in [2.05, 4.69) is 6.92 Å². The van der Waals surface area contributed by atoms with Gasteiger partial charge in [0.15, 0.2) is 0 Å². The monoisotopic (exact) mass is 296 g/mol. The lowest BCUT2D eigenvalue weighted by atomic mass is 9.91.